The van der Waals surface area contributed by atoms with E-state index in [9.17, 15) is 4.79 Å². The second-order valence-electron chi connectivity index (χ2n) is 4.18. The zero-order valence-electron chi connectivity index (χ0n) is 10.0. The fourth-order valence-corrected chi connectivity index (χ4v) is 3.33. The number of hydrogen-bond donors (Lipinski definition) is 0. The highest BCUT2D eigenvalue weighted by molar-refractivity contribution is 7.15. The Morgan fingerprint density at radius 1 is 1.67 bits per heavy atom. The molecule has 0 aromatic carbocycles. The number of ether oxygens (including phenoxy) is 1. The molecule has 3 rings (SSSR count). The van der Waals surface area contributed by atoms with Crippen molar-refractivity contribution in [2.75, 3.05) is 6.61 Å². The molecule has 0 spiro atoms. The van der Waals surface area contributed by atoms with E-state index in [4.69, 9.17) is 9.15 Å². The van der Waals surface area contributed by atoms with Crippen molar-refractivity contribution in [1.29, 1.82) is 0 Å². The van der Waals surface area contributed by atoms with Crippen molar-refractivity contribution < 1.29 is 13.9 Å². The predicted molar refractivity (Wildman–Crippen MR) is 67.5 cm³/mol. The molecule has 0 radical (unpaired) electrons. The molecule has 1 aliphatic rings. The van der Waals surface area contributed by atoms with E-state index in [0.29, 0.717) is 6.61 Å². The van der Waals surface area contributed by atoms with Crippen LogP contribution in [-0.4, -0.2) is 17.6 Å². The smallest absolute Gasteiger partial charge is 0.315 e. The average molecular weight is 263 g/mol. The average Bonchev–Trinajstić information content (AvgIpc) is 3.04. The van der Waals surface area contributed by atoms with Crippen molar-refractivity contribution in [3.63, 3.8) is 0 Å². The highest BCUT2D eigenvalue weighted by Crippen LogP contribution is 2.40. The molecule has 2 aromatic rings. The number of nitrogens with zero attached hydrogens (tertiary/aromatic N) is 1. The summed E-state index contributed by atoms with van der Waals surface area (Å²) in [6.45, 7) is 2.25. The van der Waals surface area contributed by atoms with E-state index in [1.807, 2.05) is 13.0 Å². The minimum atomic E-state index is -0.183. The minimum absolute atomic E-state index is 0.153. The monoisotopic (exact) mass is 263 g/mol. The second-order valence-corrected chi connectivity index (χ2v) is 5.27. The SMILES string of the molecule is CCOC(=O)C1CCc2sc(-c3ccoc3)nc21. The van der Waals surface area contributed by atoms with Crippen LogP contribution in [0.4, 0.5) is 0 Å². The lowest BCUT2D eigenvalue weighted by molar-refractivity contribution is -0.145. The summed E-state index contributed by atoms with van der Waals surface area (Å²) in [4.78, 5) is 17.6. The Kier molecular flexibility index (Phi) is 2.91. The van der Waals surface area contributed by atoms with E-state index >= 15 is 0 Å². The third-order valence-corrected chi connectivity index (χ3v) is 4.24. The number of carbonyl (C=O) groups excluding carboxylic acids is 1. The van der Waals surface area contributed by atoms with Crippen LogP contribution in [-0.2, 0) is 16.0 Å². The van der Waals surface area contributed by atoms with E-state index in [1.54, 1.807) is 23.9 Å². The van der Waals surface area contributed by atoms with Crippen LogP contribution < -0.4 is 0 Å². The van der Waals surface area contributed by atoms with Crippen LogP contribution in [0.15, 0.2) is 23.0 Å². The van der Waals surface area contributed by atoms with Gasteiger partial charge in [0.2, 0.25) is 0 Å². The summed E-state index contributed by atoms with van der Waals surface area (Å²) in [5, 5.41) is 0.919. The Morgan fingerprint density at radius 3 is 3.28 bits per heavy atom. The van der Waals surface area contributed by atoms with Crippen molar-refractivity contribution in [3.05, 3.63) is 29.2 Å². The predicted octanol–water partition coefficient (Wildman–Crippen LogP) is 3.00. The van der Waals surface area contributed by atoms with E-state index in [-0.39, 0.29) is 11.9 Å². The minimum Gasteiger partial charge on any atom is -0.472 e. The lowest BCUT2D eigenvalue weighted by Gasteiger charge is -2.07. The number of furan rings is 1. The largest absolute Gasteiger partial charge is 0.472 e. The van der Waals surface area contributed by atoms with Gasteiger partial charge in [-0.3, -0.25) is 4.79 Å². The lowest BCUT2D eigenvalue weighted by atomic mass is 10.1. The number of aryl methyl sites for hydroxylation is 1. The van der Waals surface area contributed by atoms with Crippen LogP contribution in [0.5, 0.6) is 0 Å². The maximum Gasteiger partial charge on any atom is 0.315 e. The van der Waals surface area contributed by atoms with Crippen LogP contribution >= 0.6 is 11.3 Å². The molecule has 0 aliphatic heterocycles. The summed E-state index contributed by atoms with van der Waals surface area (Å²) >= 11 is 1.64. The summed E-state index contributed by atoms with van der Waals surface area (Å²) in [5.74, 6) is -0.336. The van der Waals surface area contributed by atoms with Crippen LogP contribution in [0.25, 0.3) is 10.6 Å². The first-order valence-corrected chi connectivity index (χ1v) is 6.80. The first-order valence-electron chi connectivity index (χ1n) is 5.98. The molecule has 1 aliphatic carbocycles. The van der Waals surface area contributed by atoms with Gasteiger partial charge in [0.25, 0.3) is 0 Å². The fraction of sp³-hybridized carbons (Fsp3) is 0.385. The van der Waals surface area contributed by atoms with E-state index in [2.05, 4.69) is 4.98 Å². The molecular weight excluding hydrogens is 250 g/mol. The number of aromatic nitrogens is 1. The highest BCUT2D eigenvalue weighted by atomic mass is 32.1. The number of fused-ring (bicyclic) bond motifs is 1. The molecule has 4 nitrogen and oxygen atoms in total. The van der Waals surface area contributed by atoms with Crippen LogP contribution in [0.3, 0.4) is 0 Å². The van der Waals surface area contributed by atoms with Gasteiger partial charge >= 0.3 is 5.97 Å². The van der Waals surface area contributed by atoms with Crippen molar-refractivity contribution in [2.24, 2.45) is 0 Å². The standard InChI is InChI=1S/C13H13NO3S/c1-2-17-13(15)9-3-4-10-11(9)14-12(18-10)8-5-6-16-7-8/h5-7,9H,2-4H2,1H3. The zero-order valence-corrected chi connectivity index (χ0v) is 10.8. The number of hydrogen-bond acceptors (Lipinski definition) is 5. The first kappa shape index (κ1) is 11.5. The Morgan fingerprint density at radius 2 is 2.56 bits per heavy atom. The lowest BCUT2D eigenvalue weighted by Crippen LogP contribution is -2.14. The van der Waals surface area contributed by atoms with Gasteiger partial charge in [0, 0.05) is 10.4 Å². The molecule has 18 heavy (non-hydrogen) atoms. The van der Waals surface area contributed by atoms with Crippen molar-refractivity contribution in [1.82, 2.24) is 4.98 Å². The first-order chi connectivity index (χ1) is 8.79. The topological polar surface area (TPSA) is 52.3 Å². The van der Waals surface area contributed by atoms with E-state index in [0.717, 1.165) is 29.1 Å². The molecule has 0 fully saturated rings. The van der Waals surface area contributed by atoms with Gasteiger partial charge in [-0.05, 0) is 25.8 Å². The molecule has 94 valence electrons. The van der Waals surface area contributed by atoms with Crippen molar-refractivity contribution in [3.8, 4) is 10.6 Å². The summed E-state index contributed by atoms with van der Waals surface area (Å²) < 4.78 is 10.1. The van der Waals surface area contributed by atoms with Gasteiger partial charge in [-0.1, -0.05) is 0 Å². The van der Waals surface area contributed by atoms with Gasteiger partial charge < -0.3 is 9.15 Å². The van der Waals surface area contributed by atoms with Crippen LogP contribution in [0.2, 0.25) is 0 Å². The quantitative estimate of drug-likeness (QED) is 0.799. The summed E-state index contributed by atoms with van der Waals surface area (Å²) in [7, 11) is 0. The third kappa shape index (κ3) is 1.84. The Bertz CT molecular complexity index is 559. The summed E-state index contributed by atoms with van der Waals surface area (Å²) in [5.41, 5.74) is 1.87. The van der Waals surface area contributed by atoms with Crippen LogP contribution in [0.1, 0.15) is 29.8 Å². The number of thiazole rings is 1. The molecule has 1 unspecified atom stereocenters. The Balaban J connectivity index is 1.90. The highest BCUT2D eigenvalue weighted by Gasteiger charge is 2.33. The normalized spacial score (nSPS) is 17.7. The van der Waals surface area contributed by atoms with E-state index < -0.39 is 0 Å². The van der Waals surface area contributed by atoms with Gasteiger partial charge in [0.05, 0.1) is 18.6 Å². The summed E-state index contributed by atoms with van der Waals surface area (Å²) in [6.07, 6.45) is 5.03. The second kappa shape index (κ2) is 4.57. The molecule has 5 heteroatoms. The van der Waals surface area contributed by atoms with Gasteiger partial charge in [0.1, 0.15) is 17.2 Å². The molecule has 0 N–H and O–H groups in total. The maximum atomic E-state index is 11.8. The number of esters is 1. The van der Waals surface area contributed by atoms with Crippen molar-refractivity contribution >= 4 is 17.3 Å². The van der Waals surface area contributed by atoms with Gasteiger partial charge in [-0.2, -0.15) is 0 Å². The van der Waals surface area contributed by atoms with Crippen LogP contribution in [0, 0.1) is 0 Å². The molecule has 2 heterocycles. The molecule has 0 amide bonds. The molecule has 0 saturated carbocycles. The number of rotatable bonds is 3. The van der Waals surface area contributed by atoms with E-state index in [1.165, 1.54) is 4.88 Å². The summed E-state index contributed by atoms with van der Waals surface area (Å²) in [6, 6.07) is 1.88. The molecule has 0 saturated heterocycles. The fourth-order valence-electron chi connectivity index (χ4n) is 2.21. The molecule has 1 atom stereocenters. The van der Waals surface area contributed by atoms with Gasteiger partial charge in [-0.15, -0.1) is 11.3 Å². The Hall–Kier alpha value is -1.62. The molecule has 2 aromatic heterocycles. The maximum absolute atomic E-state index is 11.8. The molecule has 0 bridgehead atoms. The Labute approximate surface area is 109 Å². The van der Waals surface area contributed by atoms with Gasteiger partial charge in [-0.25, -0.2) is 4.98 Å². The van der Waals surface area contributed by atoms with Crippen molar-refractivity contribution in [2.45, 2.75) is 25.7 Å². The third-order valence-electron chi connectivity index (χ3n) is 3.06. The van der Waals surface area contributed by atoms with Gasteiger partial charge in [0.15, 0.2) is 0 Å². The number of carbonyl (C=O) groups is 1. The zero-order chi connectivity index (χ0) is 12.5. The molecular formula is C13H13NO3S.